The number of hydrogen-bond acceptors (Lipinski definition) is 5. The highest BCUT2D eigenvalue weighted by Crippen LogP contribution is 2.38. The van der Waals surface area contributed by atoms with Crippen molar-refractivity contribution >= 4 is 27.8 Å². The van der Waals surface area contributed by atoms with Crippen LogP contribution in [0.25, 0.3) is 33.2 Å². The maximum absolute atomic E-state index is 15.3. The van der Waals surface area contributed by atoms with Crippen LogP contribution in [0.2, 0.25) is 0 Å². The summed E-state index contributed by atoms with van der Waals surface area (Å²) in [5, 5.41) is 9.22. The van der Waals surface area contributed by atoms with Gasteiger partial charge < -0.3 is 14.8 Å². The molecule has 0 saturated carbocycles. The van der Waals surface area contributed by atoms with E-state index in [4.69, 9.17) is 0 Å². The number of aromatic nitrogens is 4. The van der Waals surface area contributed by atoms with Gasteiger partial charge >= 0.3 is 5.69 Å². The summed E-state index contributed by atoms with van der Waals surface area (Å²) in [5.74, 6) is 0. The molecule has 3 heterocycles. The van der Waals surface area contributed by atoms with Crippen LogP contribution < -0.4 is 10.6 Å². The van der Waals surface area contributed by atoms with E-state index in [1.807, 2.05) is 6.07 Å². The zero-order chi connectivity index (χ0) is 24.2. The van der Waals surface area contributed by atoms with Gasteiger partial charge in [-0.15, -0.1) is 10.2 Å². The van der Waals surface area contributed by atoms with Gasteiger partial charge in [-0.25, -0.2) is 9.18 Å². The molecule has 1 saturated heterocycles. The number of halogens is 1. The van der Waals surface area contributed by atoms with Gasteiger partial charge in [0.2, 0.25) is 0 Å². The quantitative estimate of drug-likeness (QED) is 0.492. The lowest BCUT2D eigenvalue weighted by molar-refractivity contribution is 0.222. The number of fused-ring (bicyclic) bond motifs is 3. The van der Waals surface area contributed by atoms with E-state index in [9.17, 15) is 4.79 Å². The summed E-state index contributed by atoms with van der Waals surface area (Å²) in [6, 6.07) is 12.7. The molecule has 1 aliphatic heterocycles. The second-order valence-electron chi connectivity index (χ2n) is 10.0. The molecular weight excluding hydrogens is 431 g/mol. The Morgan fingerprint density at radius 1 is 1.09 bits per heavy atom. The van der Waals surface area contributed by atoms with Crippen molar-refractivity contribution in [2.24, 2.45) is 7.05 Å². The van der Waals surface area contributed by atoms with Crippen LogP contribution in [0.3, 0.4) is 0 Å². The van der Waals surface area contributed by atoms with E-state index in [0.29, 0.717) is 28.3 Å². The molecule has 1 N–H and O–H groups in total. The molecular formula is C26H31FN6O. The molecule has 4 aromatic rings. The van der Waals surface area contributed by atoms with Gasteiger partial charge in [-0.1, -0.05) is 12.1 Å². The number of rotatable bonds is 4. The second-order valence-corrected chi connectivity index (χ2v) is 10.0. The van der Waals surface area contributed by atoms with Gasteiger partial charge in [-0.05, 0) is 81.7 Å². The van der Waals surface area contributed by atoms with Crippen LogP contribution in [-0.2, 0) is 12.7 Å². The van der Waals surface area contributed by atoms with Crippen molar-refractivity contribution in [1.82, 2.24) is 24.6 Å². The fourth-order valence-corrected chi connectivity index (χ4v) is 5.01. The van der Waals surface area contributed by atoms with E-state index < -0.39 is 5.67 Å². The molecule has 0 amide bonds. The molecule has 0 aliphatic carbocycles. The normalized spacial score (nSPS) is 15.7. The first kappa shape index (κ1) is 22.5. The maximum Gasteiger partial charge on any atom is 0.327 e. The topological polar surface area (TPSA) is 70.1 Å². The van der Waals surface area contributed by atoms with Gasteiger partial charge in [0.05, 0.1) is 11.0 Å². The summed E-state index contributed by atoms with van der Waals surface area (Å²) in [7, 11) is 5.95. The van der Waals surface area contributed by atoms with E-state index in [1.54, 1.807) is 27.0 Å². The number of anilines is 1. The number of imidazole rings is 1. The molecule has 34 heavy (non-hydrogen) atoms. The fourth-order valence-electron chi connectivity index (χ4n) is 5.01. The minimum Gasteiger partial charge on any atom is -0.371 e. The smallest absolute Gasteiger partial charge is 0.327 e. The standard InChI is InChI=1S/C26H31FN6O/c1-26(2,27)21-15-22-20(23-24(30-29-22)32(5)25(34)28-23)14-19(21)16-6-8-18(9-7-16)33-12-10-17(11-13-33)31(3)4/h6-9,14-15,17H,10-13H2,1-5H3,(H,28,34). The predicted molar refractivity (Wildman–Crippen MR) is 135 cm³/mol. The van der Waals surface area contributed by atoms with Crippen LogP contribution in [0.5, 0.6) is 0 Å². The first-order valence-electron chi connectivity index (χ1n) is 11.7. The summed E-state index contributed by atoms with van der Waals surface area (Å²) >= 11 is 0. The molecule has 0 atom stereocenters. The Morgan fingerprint density at radius 2 is 1.76 bits per heavy atom. The SMILES string of the molecule is CN(C)C1CCN(c2ccc(-c3cc4c(cc3C(C)(C)F)nnc3c4[nH]c(=O)n3C)cc2)CC1. The van der Waals surface area contributed by atoms with Gasteiger partial charge in [-0.2, -0.15) is 0 Å². The number of nitrogens with one attached hydrogen (secondary N) is 1. The van der Waals surface area contributed by atoms with Crippen molar-refractivity contribution in [3.05, 3.63) is 52.4 Å². The zero-order valence-corrected chi connectivity index (χ0v) is 20.4. The van der Waals surface area contributed by atoms with Gasteiger partial charge in [0, 0.05) is 37.3 Å². The lowest BCUT2D eigenvalue weighted by Gasteiger charge is -2.36. The number of aryl methyl sites for hydroxylation is 1. The highest BCUT2D eigenvalue weighted by Gasteiger charge is 2.26. The monoisotopic (exact) mass is 462 g/mol. The minimum absolute atomic E-state index is 0.254. The number of hydrogen-bond donors (Lipinski definition) is 1. The number of H-pyrrole nitrogens is 1. The van der Waals surface area contributed by atoms with Crippen LogP contribution in [0.1, 0.15) is 32.3 Å². The summed E-state index contributed by atoms with van der Waals surface area (Å²) in [4.78, 5) is 19.8. The zero-order valence-electron chi connectivity index (χ0n) is 20.4. The predicted octanol–water partition coefficient (Wildman–Crippen LogP) is 4.21. The number of alkyl halides is 1. The third-order valence-electron chi connectivity index (χ3n) is 7.11. The number of nitrogens with zero attached hydrogens (tertiary/aromatic N) is 5. The lowest BCUT2D eigenvalue weighted by atomic mass is 9.89. The van der Waals surface area contributed by atoms with Crippen molar-refractivity contribution in [2.75, 3.05) is 32.1 Å². The van der Waals surface area contributed by atoms with E-state index in [-0.39, 0.29) is 5.69 Å². The van der Waals surface area contributed by atoms with E-state index in [0.717, 1.165) is 42.4 Å². The molecule has 5 rings (SSSR count). The highest BCUT2D eigenvalue weighted by atomic mass is 19.1. The Morgan fingerprint density at radius 3 is 2.38 bits per heavy atom. The molecule has 8 heteroatoms. The third-order valence-corrected chi connectivity index (χ3v) is 7.11. The maximum atomic E-state index is 15.3. The summed E-state index contributed by atoms with van der Waals surface area (Å²) in [6.45, 7) is 5.16. The molecule has 2 aromatic heterocycles. The molecule has 0 spiro atoms. The van der Waals surface area contributed by atoms with Crippen LogP contribution in [-0.4, -0.2) is 57.9 Å². The minimum atomic E-state index is -1.57. The van der Waals surface area contributed by atoms with Crippen molar-refractivity contribution in [1.29, 1.82) is 0 Å². The summed E-state index contributed by atoms with van der Waals surface area (Å²) < 4.78 is 16.8. The lowest BCUT2D eigenvalue weighted by Crippen LogP contribution is -2.41. The first-order valence-corrected chi connectivity index (χ1v) is 11.7. The van der Waals surface area contributed by atoms with E-state index in [1.165, 1.54) is 10.3 Å². The van der Waals surface area contributed by atoms with Gasteiger partial charge in [0.1, 0.15) is 5.67 Å². The Balaban J connectivity index is 1.57. The van der Waals surface area contributed by atoms with E-state index >= 15 is 4.39 Å². The largest absolute Gasteiger partial charge is 0.371 e. The molecule has 1 fully saturated rings. The molecule has 7 nitrogen and oxygen atoms in total. The van der Waals surface area contributed by atoms with Crippen LogP contribution in [0.4, 0.5) is 10.1 Å². The first-order chi connectivity index (χ1) is 16.1. The average Bonchev–Trinajstić information content (AvgIpc) is 3.11. The summed E-state index contributed by atoms with van der Waals surface area (Å²) in [6.07, 6.45) is 2.29. The molecule has 178 valence electrons. The van der Waals surface area contributed by atoms with Gasteiger partial charge in [0.15, 0.2) is 5.65 Å². The number of benzene rings is 2. The Bertz CT molecular complexity index is 1410. The van der Waals surface area contributed by atoms with Crippen molar-refractivity contribution in [3.63, 3.8) is 0 Å². The van der Waals surface area contributed by atoms with E-state index in [2.05, 4.69) is 63.3 Å². The third kappa shape index (κ3) is 3.86. The number of piperidine rings is 1. The Hall–Kier alpha value is -3.26. The summed E-state index contributed by atoms with van der Waals surface area (Å²) in [5.41, 5.74) is 3.27. The average molecular weight is 463 g/mol. The highest BCUT2D eigenvalue weighted by molar-refractivity contribution is 6.02. The number of aromatic amines is 1. The van der Waals surface area contributed by atoms with Crippen LogP contribution >= 0.6 is 0 Å². The molecule has 0 radical (unpaired) electrons. The Kier molecular flexibility index (Phi) is 5.43. The molecule has 2 aromatic carbocycles. The molecule has 0 unspecified atom stereocenters. The van der Waals surface area contributed by atoms with Crippen molar-refractivity contribution in [2.45, 2.75) is 38.4 Å². The van der Waals surface area contributed by atoms with Gasteiger partial charge in [0.25, 0.3) is 0 Å². The van der Waals surface area contributed by atoms with Gasteiger partial charge in [-0.3, -0.25) is 4.57 Å². The molecule has 1 aliphatic rings. The van der Waals surface area contributed by atoms with Crippen molar-refractivity contribution < 1.29 is 4.39 Å². The fraction of sp³-hybridized carbons (Fsp3) is 0.423. The second kappa shape index (κ2) is 8.20. The van der Waals surface area contributed by atoms with Crippen LogP contribution in [0.15, 0.2) is 41.2 Å². The molecule has 0 bridgehead atoms. The Labute approximate surface area is 198 Å². The van der Waals surface area contributed by atoms with Crippen LogP contribution in [0, 0.1) is 0 Å². The van der Waals surface area contributed by atoms with Crippen molar-refractivity contribution in [3.8, 4) is 11.1 Å².